The summed E-state index contributed by atoms with van der Waals surface area (Å²) in [5, 5.41) is 15.9. The molecule has 2 atom stereocenters. The van der Waals surface area contributed by atoms with Crippen molar-refractivity contribution in [2.24, 2.45) is 0 Å². The lowest BCUT2D eigenvalue weighted by Crippen LogP contribution is -2.52. The summed E-state index contributed by atoms with van der Waals surface area (Å²) in [6, 6.07) is 4.30. The quantitative estimate of drug-likeness (QED) is 0.863. The van der Waals surface area contributed by atoms with Crippen LogP contribution in [0.3, 0.4) is 0 Å². The number of thiophene rings is 1. The Morgan fingerprint density at radius 1 is 1.65 bits per heavy atom. The van der Waals surface area contributed by atoms with Crippen molar-refractivity contribution in [3.8, 4) is 0 Å². The van der Waals surface area contributed by atoms with Gasteiger partial charge in [0.15, 0.2) is 0 Å². The number of rotatable bonds is 5. The number of aliphatic hydroxyl groups is 1. The second-order valence-corrected chi connectivity index (χ2v) is 7.29. The third-order valence-electron chi connectivity index (χ3n) is 3.43. The molecule has 0 saturated heterocycles. The molecule has 2 unspecified atom stereocenters. The van der Waals surface area contributed by atoms with Gasteiger partial charge in [0, 0.05) is 10.8 Å². The molecule has 1 fully saturated rings. The van der Waals surface area contributed by atoms with Crippen LogP contribution >= 0.6 is 23.1 Å². The van der Waals surface area contributed by atoms with Gasteiger partial charge >= 0.3 is 0 Å². The average molecular weight is 271 g/mol. The van der Waals surface area contributed by atoms with E-state index in [0.29, 0.717) is 5.25 Å². The number of thioether (sulfide) groups is 1. The van der Waals surface area contributed by atoms with E-state index in [4.69, 9.17) is 0 Å². The van der Waals surface area contributed by atoms with E-state index in [1.807, 2.05) is 23.1 Å². The van der Waals surface area contributed by atoms with E-state index < -0.39 is 0 Å². The second kappa shape index (κ2) is 6.23. The van der Waals surface area contributed by atoms with Crippen molar-refractivity contribution < 1.29 is 5.11 Å². The van der Waals surface area contributed by atoms with Crippen LogP contribution in [0.25, 0.3) is 0 Å². The maximum Gasteiger partial charge on any atom is 0.0613 e. The molecule has 96 valence electrons. The van der Waals surface area contributed by atoms with Crippen LogP contribution in [0, 0.1) is 0 Å². The molecule has 0 spiro atoms. The maximum absolute atomic E-state index is 9.65. The van der Waals surface area contributed by atoms with Crippen molar-refractivity contribution in [3.63, 3.8) is 0 Å². The Balaban J connectivity index is 1.96. The minimum Gasteiger partial charge on any atom is -0.394 e. The molecular weight excluding hydrogens is 250 g/mol. The summed E-state index contributed by atoms with van der Waals surface area (Å²) in [4.78, 5) is 0. The predicted molar refractivity (Wildman–Crippen MR) is 75.9 cm³/mol. The Kier molecular flexibility index (Phi) is 4.91. The summed E-state index contributed by atoms with van der Waals surface area (Å²) in [6.07, 6.45) is 4.69. The summed E-state index contributed by atoms with van der Waals surface area (Å²) < 4.78 is 1.40. The summed E-state index contributed by atoms with van der Waals surface area (Å²) in [6.45, 7) is 3.33. The number of likely N-dealkylation sites (N-methyl/N-ethyl adjacent to an activating group) is 1. The van der Waals surface area contributed by atoms with Crippen LogP contribution in [0.4, 0.5) is 0 Å². The van der Waals surface area contributed by atoms with Crippen molar-refractivity contribution in [1.29, 1.82) is 0 Å². The van der Waals surface area contributed by atoms with E-state index in [2.05, 4.69) is 29.8 Å². The molecule has 2 N–H and O–H groups in total. The number of nitrogens with one attached hydrogen (secondary N) is 1. The molecule has 0 bridgehead atoms. The minimum atomic E-state index is -0.0259. The molecule has 2 rings (SSSR count). The van der Waals surface area contributed by atoms with Crippen LogP contribution < -0.4 is 5.32 Å². The van der Waals surface area contributed by atoms with Gasteiger partial charge in [-0.1, -0.05) is 19.4 Å². The van der Waals surface area contributed by atoms with Crippen LogP contribution in [0.1, 0.15) is 32.6 Å². The normalized spacial score (nSPS) is 29.4. The molecule has 0 amide bonds. The predicted octanol–water partition coefficient (Wildman–Crippen LogP) is 3.12. The van der Waals surface area contributed by atoms with E-state index in [9.17, 15) is 5.11 Å². The SMILES string of the molecule is CCNC1(CO)CCCC(Sc2cccs2)C1. The van der Waals surface area contributed by atoms with Gasteiger partial charge in [0.05, 0.1) is 10.8 Å². The zero-order valence-corrected chi connectivity index (χ0v) is 11.9. The molecule has 1 aliphatic rings. The van der Waals surface area contributed by atoms with Gasteiger partial charge in [-0.3, -0.25) is 0 Å². The Morgan fingerprint density at radius 2 is 2.53 bits per heavy atom. The zero-order valence-electron chi connectivity index (χ0n) is 10.3. The first-order chi connectivity index (χ1) is 8.28. The van der Waals surface area contributed by atoms with Gasteiger partial charge in [0.25, 0.3) is 0 Å². The number of aliphatic hydroxyl groups excluding tert-OH is 1. The van der Waals surface area contributed by atoms with Crippen molar-refractivity contribution in [2.75, 3.05) is 13.2 Å². The highest BCUT2D eigenvalue weighted by atomic mass is 32.2. The van der Waals surface area contributed by atoms with Gasteiger partial charge in [-0.05, 0) is 37.3 Å². The molecule has 2 nitrogen and oxygen atoms in total. The first-order valence-corrected chi connectivity index (χ1v) is 8.10. The van der Waals surface area contributed by atoms with Crippen molar-refractivity contribution in [1.82, 2.24) is 5.32 Å². The van der Waals surface area contributed by atoms with E-state index >= 15 is 0 Å². The van der Waals surface area contributed by atoms with Gasteiger partial charge in [-0.2, -0.15) is 0 Å². The average Bonchev–Trinajstić information content (AvgIpc) is 2.83. The van der Waals surface area contributed by atoms with Crippen molar-refractivity contribution in [3.05, 3.63) is 17.5 Å². The second-order valence-electron chi connectivity index (χ2n) is 4.74. The molecule has 1 aromatic rings. The zero-order chi connectivity index (χ0) is 12.1. The molecule has 1 saturated carbocycles. The molecule has 1 heterocycles. The summed E-state index contributed by atoms with van der Waals surface area (Å²) in [5.41, 5.74) is -0.0259. The first kappa shape index (κ1) is 13.4. The fraction of sp³-hybridized carbons (Fsp3) is 0.692. The minimum absolute atomic E-state index is 0.0259. The first-order valence-electron chi connectivity index (χ1n) is 6.34. The van der Waals surface area contributed by atoms with Crippen LogP contribution in [0.2, 0.25) is 0 Å². The van der Waals surface area contributed by atoms with Crippen LogP contribution in [-0.2, 0) is 0 Å². The lowest BCUT2D eigenvalue weighted by atomic mass is 9.82. The molecule has 1 aliphatic carbocycles. The number of hydrogen-bond donors (Lipinski definition) is 2. The van der Waals surface area contributed by atoms with Gasteiger partial charge in [-0.25, -0.2) is 0 Å². The summed E-state index contributed by atoms with van der Waals surface area (Å²) in [7, 11) is 0. The molecule has 17 heavy (non-hydrogen) atoms. The fourth-order valence-electron chi connectivity index (χ4n) is 2.64. The third-order valence-corrected chi connectivity index (χ3v) is 5.78. The molecular formula is C13H21NOS2. The fourth-order valence-corrected chi connectivity index (χ4v) is 5.06. The van der Waals surface area contributed by atoms with E-state index in [-0.39, 0.29) is 12.1 Å². The van der Waals surface area contributed by atoms with E-state index in [1.165, 1.54) is 17.1 Å². The Labute approximate surface area is 112 Å². The van der Waals surface area contributed by atoms with Crippen molar-refractivity contribution in [2.45, 2.75) is 47.6 Å². The molecule has 1 aromatic heterocycles. The largest absolute Gasteiger partial charge is 0.394 e. The monoisotopic (exact) mass is 271 g/mol. The van der Waals surface area contributed by atoms with Crippen LogP contribution in [0.5, 0.6) is 0 Å². The van der Waals surface area contributed by atoms with E-state index in [0.717, 1.165) is 19.4 Å². The molecule has 0 aliphatic heterocycles. The van der Waals surface area contributed by atoms with Crippen LogP contribution in [-0.4, -0.2) is 29.0 Å². The lowest BCUT2D eigenvalue weighted by molar-refractivity contribution is 0.125. The van der Waals surface area contributed by atoms with Crippen LogP contribution in [0.15, 0.2) is 21.7 Å². The topological polar surface area (TPSA) is 32.3 Å². The van der Waals surface area contributed by atoms with E-state index in [1.54, 1.807) is 0 Å². The highest BCUT2D eigenvalue weighted by Crippen LogP contribution is 2.39. The molecule has 0 aromatic carbocycles. The standard InChI is InChI=1S/C13H21NOS2/c1-2-14-13(10-15)7-3-5-11(9-13)17-12-6-4-8-16-12/h4,6,8,11,14-15H,2-3,5,7,9-10H2,1H3. The maximum atomic E-state index is 9.65. The van der Waals surface area contributed by atoms with Gasteiger partial charge in [-0.15, -0.1) is 23.1 Å². The molecule has 0 radical (unpaired) electrons. The Bertz CT molecular complexity index is 324. The third kappa shape index (κ3) is 3.47. The van der Waals surface area contributed by atoms with Gasteiger partial charge in [0.1, 0.15) is 0 Å². The highest BCUT2D eigenvalue weighted by Gasteiger charge is 2.35. The summed E-state index contributed by atoms with van der Waals surface area (Å²) in [5.74, 6) is 0. The smallest absolute Gasteiger partial charge is 0.0613 e. The Morgan fingerprint density at radius 3 is 3.18 bits per heavy atom. The summed E-state index contributed by atoms with van der Waals surface area (Å²) >= 11 is 3.80. The molecule has 4 heteroatoms. The lowest BCUT2D eigenvalue weighted by Gasteiger charge is -2.40. The Hall–Kier alpha value is -0.0300. The van der Waals surface area contributed by atoms with Crippen molar-refractivity contribution >= 4 is 23.1 Å². The number of hydrogen-bond acceptors (Lipinski definition) is 4. The van der Waals surface area contributed by atoms with Gasteiger partial charge < -0.3 is 10.4 Å². The van der Waals surface area contributed by atoms with Gasteiger partial charge in [0.2, 0.25) is 0 Å². The highest BCUT2D eigenvalue weighted by molar-refractivity contribution is 8.01.